The molecular weight excluding hydrogens is 1470 g/mol. The van der Waals surface area contributed by atoms with Gasteiger partial charge in [0.05, 0.1) is 86.3 Å². The summed E-state index contributed by atoms with van der Waals surface area (Å²) in [5, 5.41) is 6.13. The molecule has 0 aliphatic carbocycles. The molecule has 4 aliphatic heterocycles. The third kappa shape index (κ3) is 24.8. The van der Waals surface area contributed by atoms with Crippen LogP contribution in [0.5, 0.6) is 11.5 Å². The number of primary amides is 1. The van der Waals surface area contributed by atoms with E-state index in [0.29, 0.717) is 83.4 Å². The molecule has 0 bridgehead atoms. The van der Waals surface area contributed by atoms with Crippen molar-refractivity contribution in [3.63, 3.8) is 0 Å². The number of likely N-dealkylation sites (N-methyl/N-ethyl adjacent to an activating group) is 2. The van der Waals surface area contributed by atoms with E-state index in [2.05, 4.69) is 158 Å². The number of nitrogens with one attached hydrogen (secondary N) is 3. The lowest BCUT2D eigenvalue weighted by Crippen LogP contribution is -2.51. The minimum atomic E-state index is -0.774. The summed E-state index contributed by atoms with van der Waals surface area (Å²) in [5.41, 5.74) is 27.7. The molecule has 10 rings (SSSR count). The van der Waals surface area contributed by atoms with Crippen LogP contribution in [0.15, 0.2) is 113 Å². The Kier molecular flexibility index (Phi) is 32.4. The molecule has 0 unspecified atom stereocenters. The van der Waals surface area contributed by atoms with E-state index in [0.717, 1.165) is 138 Å². The van der Waals surface area contributed by atoms with Crippen LogP contribution in [0.1, 0.15) is 160 Å². The molecule has 4 aliphatic rings. The third-order valence-electron chi connectivity index (χ3n) is 21.5. The largest absolute Gasteiger partial charge is 0.494 e. The minimum absolute atomic E-state index is 0. The SMILES string of the molecule is CCCN(CC(=O)N(CCC)CC(=O)N(CCC)CC(=O)N(CCC)CC(=O)N(CC(N)=O)C/C(N)=C/NCCCNC(=O)CCCOc1c(C(C)(C)C)cc(-c2nc3ccc(N4CCN(C)CC4)cc3[nH]2)cc1C(C)(C)C)C(=O)CCCOc1cccc(C2=Nc3ccc(C4=Nc5ccc(N6CCN(C)CC6)cc5C4)cc3C2)c1.N. The van der Waals surface area contributed by atoms with Gasteiger partial charge in [0.2, 0.25) is 41.4 Å². The molecule has 116 heavy (non-hydrogen) atoms. The molecule has 6 aromatic rings. The number of aromatic nitrogens is 2. The van der Waals surface area contributed by atoms with Crippen molar-refractivity contribution in [1.82, 2.24) is 61.1 Å². The summed E-state index contributed by atoms with van der Waals surface area (Å²) < 4.78 is 12.9. The molecule has 27 nitrogen and oxygen atoms in total. The Morgan fingerprint density at radius 3 is 1.55 bits per heavy atom. The van der Waals surface area contributed by atoms with Gasteiger partial charge in [0.1, 0.15) is 17.3 Å². The molecule has 2 fully saturated rings. The van der Waals surface area contributed by atoms with Gasteiger partial charge >= 0.3 is 0 Å². The molecule has 10 N–H and O–H groups in total. The van der Waals surface area contributed by atoms with Gasteiger partial charge in [-0.2, -0.15) is 0 Å². The second-order valence-corrected chi connectivity index (χ2v) is 33.2. The van der Waals surface area contributed by atoms with Crippen molar-refractivity contribution in [1.29, 1.82) is 0 Å². The van der Waals surface area contributed by atoms with Crippen LogP contribution in [0, 0.1) is 0 Å². The number of carbonyl (C=O) groups is 7. The van der Waals surface area contributed by atoms with Gasteiger partial charge in [0.25, 0.3) is 0 Å². The standard InChI is InChI=1S/C89H125N17O9.H3N/c1-13-33-102(81(109)24-19-45-114-70-22-17-21-62(49-70)76-52-64-47-63(25-28-73(64)94-76)77-53-65-48-68(26-29-74(65)95-77)100-41-37-98(11)38-42-100)58-82(110)103(34-14-2)59-83(111)104(35-15-3)60-84(112)105(36-16-4)61-85(113)106(57-79(91)107)56-67(90)55-92-31-20-32-93-80(108)23-18-46-115-86-71(88(5,6)7)50-66(51-72(86)89(8,9)10)87-96-75-30-27-69(54-78(75)97-87)101-43-39-99(12)40-44-101;/h17,21-22,25-30,47-51,54-55,92H,13-16,18-20,23-24,31-46,52-53,56-61,90H2,1-12H3,(H2,91,107)(H,93,108)(H,96,97);1H3/b67-55-;. The number of imidazole rings is 1. The highest BCUT2D eigenvalue weighted by atomic mass is 16.5. The number of amides is 7. The topological polar surface area (TPSA) is 332 Å². The van der Waals surface area contributed by atoms with Gasteiger partial charge in [-0.05, 0) is 165 Å². The first-order valence-corrected chi connectivity index (χ1v) is 41.5. The first-order valence-electron chi connectivity index (χ1n) is 41.5. The molecule has 628 valence electrons. The van der Waals surface area contributed by atoms with Crippen molar-refractivity contribution < 1.29 is 43.0 Å². The van der Waals surface area contributed by atoms with E-state index in [4.69, 9.17) is 35.9 Å². The molecule has 0 radical (unpaired) electrons. The first kappa shape index (κ1) is 89.6. The highest BCUT2D eigenvalue weighted by Gasteiger charge is 2.33. The monoisotopic (exact) mass is 1590 g/mol. The smallest absolute Gasteiger partial charge is 0.243 e. The average Bonchev–Trinajstić information content (AvgIpc) is 1.57. The van der Waals surface area contributed by atoms with Gasteiger partial charge < -0.3 is 86.8 Å². The number of hydrogen-bond acceptors (Lipinski definition) is 19. The van der Waals surface area contributed by atoms with E-state index in [1.165, 1.54) is 47.6 Å². The second-order valence-electron chi connectivity index (χ2n) is 33.2. The Morgan fingerprint density at radius 2 is 1.01 bits per heavy atom. The highest BCUT2D eigenvalue weighted by Crippen LogP contribution is 2.44. The molecule has 7 amide bonds. The molecule has 1 aromatic heterocycles. The summed E-state index contributed by atoms with van der Waals surface area (Å²) in [5.74, 6) is -0.676. The zero-order valence-electron chi connectivity index (χ0n) is 71.0. The van der Waals surface area contributed by atoms with E-state index in [1.54, 1.807) is 0 Å². The van der Waals surface area contributed by atoms with E-state index in [-0.39, 0.29) is 106 Å². The molecule has 5 aromatic carbocycles. The first-order chi connectivity index (χ1) is 55.1. The van der Waals surface area contributed by atoms with Gasteiger partial charge in [0, 0.05) is 157 Å². The normalized spacial score (nSPS) is 14.4. The Morgan fingerprint density at radius 1 is 0.517 bits per heavy atom. The summed E-state index contributed by atoms with van der Waals surface area (Å²) in [6.07, 6.45) is 7.06. The lowest BCUT2D eigenvalue weighted by Gasteiger charge is -2.34. The number of nitrogens with zero attached hydrogens (tertiary/aromatic N) is 12. The molecule has 0 saturated carbocycles. The van der Waals surface area contributed by atoms with Crippen LogP contribution in [0.4, 0.5) is 22.7 Å². The fourth-order valence-corrected chi connectivity index (χ4v) is 15.0. The van der Waals surface area contributed by atoms with Crippen molar-refractivity contribution in [2.75, 3.05) is 168 Å². The van der Waals surface area contributed by atoms with Crippen LogP contribution in [-0.2, 0) is 57.2 Å². The van der Waals surface area contributed by atoms with Gasteiger partial charge in [-0.25, -0.2) is 4.98 Å². The maximum Gasteiger partial charge on any atom is 0.243 e. The Bertz CT molecular complexity index is 4450. The van der Waals surface area contributed by atoms with Crippen LogP contribution in [0.25, 0.3) is 22.4 Å². The predicted octanol–water partition coefficient (Wildman–Crippen LogP) is 10.0. The maximum atomic E-state index is 14.2. The van der Waals surface area contributed by atoms with E-state index in [1.807, 2.05) is 52.0 Å². The van der Waals surface area contributed by atoms with Crippen LogP contribution in [0.2, 0.25) is 0 Å². The lowest BCUT2D eigenvalue weighted by atomic mass is 9.78. The summed E-state index contributed by atoms with van der Waals surface area (Å²) in [7, 11) is 4.34. The molecule has 2 saturated heterocycles. The maximum absolute atomic E-state index is 14.2. The summed E-state index contributed by atoms with van der Waals surface area (Å²) in [6.45, 7) is 29.4. The predicted molar refractivity (Wildman–Crippen MR) is 463 cm³/mol. The molecule has 0 atom stereocenters. The van der Waals surface area contributed by atoms with Crippen molar-refractivity contribution in [3.05, 3.63) is 136 Å². The Balaban J connectivity index is 0.0000154. The van der Waals surface area contributed by atoms with Crippen molar-refractivity contribution >= 4 is 86.6 Å². The number of carbonyl (C=O) groups excluding carboxylic acids is 7. The lowest BCUT2D eigenvalue weighted by molar-refractivity contribution is -0.147. The number of fused-ring (bicyclic) bond motifs is 3. The number of aromatic amines is 1. The van der Waals surface area contributed by atoms with Crippen molar-refractivity contribution in [3.8, 4) is 22.9 Å². The fraction of sp³-hybridized carbons (Fsp3) is 0.528. The number of H-pyrrole nitrogens is 1. The van der Waals surface area contributed by atoms with Crippen LogP contribution >= 0.6 is 0 Å². The average molecular weight is 1590 g/mol. The number of aliphatic imine (C=N–C) groups is 2. The van der Waals surface area contributed by atoms with Crippen LogP contribution in [-0.4, -0.2) is 255 Å². The number of hydrogen-bond donors (Lipinski definition) is 6. The quantitative estimate of drug-likeness (QED) is 0.0195. The fourth-order valence-electron chi connectivity index (χ4n) is 15.0. The molecule has 0 spiro atoms. The van der Waals surface area contributed by atoms with E-state index >= 15 is 0 Å². The number of rotatable bonds is 40. The van der Waals surface area contributed by atoms with Gasteiger partial charge in [-0.3, -0.25) is 43.5 Å². The summed E-state index contributed by atoms with van der Waals surface area (Å²) >= 11 is 0. The van der Waals surface area contributed by atoms with Crippen LogP contribution < -0.4 is 47.5 Å². The van der Waals surface area contributed by atoms with Gasteiger partial charge in [-0.15, -0.1) is 0 Å². The second kappa shape index (κ2) is 42.0. The Hall–Kier alpha value is -10.4. The van der Waals surface area contributed by atoms with E-state index in [9.17, 15) is 33.6 Å². The van der Waals surface area contributed by atoms with Crippen molar-refractivity contribution in [2.45, 2.75) is 151 Å². The number of nitrogens with two attached hydrogens (primary N) is 2. The summed E-state index contributed by atoms with van der Waals surface area (Å²) in [6, 6.07) is 31.8. The zero-order valence-corrected chi connectivity index (χ0v) is 71.0. The molecule has 27 heteroatoms. The summed E-state index contributed by atoms with van der Waals surface area (Å²) in [4.78, 5) is 131. The number of piperazine rings is 2. The Labute approximate surface area is 686 Å². The number of anilines is 2. The van der Waals surface area contributed by atoms with E-state index < -0.39 is 36.7 Å². The number of ether oxygens (including phenoxy) is 2. The zero-order chi connectivity index (χ0) is 82.5. The minimum Gasteiger partial charge on any atom is -0.494 e. The van der Waals surface area contributed by atoms with Gasteiger partial charge in [-0.1, -0.05) is 87.4 Å². The van der Waals surface area contributed by atoms with Crippen LogP contribution in [0.3, 0.4) is 0 Å². The molecule has 5 heterocycles. The van der Waals surface area contributed by atoms with Gasteiger partial charge in [0.15, 0.2) is 0 Å². The number of benzene rings is 5. The third-order valence-corrected chi connectivity index (χ3v) is 21.5. The highest BCUT2D eigenvalue weighted by molar-refractivity contribution is 6.10. The van der Waals surface area contributed by atoms with Crippen molar-refractivity contribution in [2.24, 2.45) is 21.5 Å². The molecular formula is C89H128N18O9.